The van der Waals surface area contributed by atoms with Gasteiger partial charge in [0.05, 0.1) is 9.95 Å². The quantitative estimate of drug-likeness (QED) is 0.216. The van der Waals surface area contributed by atoms with Gasteiger partial charge < -0.3 is 19.1 Å². The number of hydrogen-bond donors (Lipinski definition) is 1. The highest BCUT2D eigenvalue weighted by Crippen LogP contribution is 2.52. The highest BCUT2D eigenvalue weighted by atomic mass is 35.5. The second-order valence-corrected chi connectivity index (χ2v) is 9.43. The molecule has 0 amide bonds. The fourth-order valence-electron chi connectivity index (χ4n) is 2.37. The lowest BCUT2D eigenvalue weighted by Crippen LogP contribution is -2.18. The molecule has 0 aliphatic heterocycles. The summed E-state index contributed by atoms with van der Waals surface area (Å²) in [6.45, 7) is 1.54. The van der Waals surface area contributed by atoms with Gasteiger partial charge in [0.25, 0.3) is 5.69 Å². The normalized spacial score (nSPS) is 12.5. The third-order valence-electron chi connectivity index (χ3n) is 3.88. The Morgan fingerprint density at radius 2 is 1.89 bits per heavy atom. The summed E-state index contributed by atoms with van der Waals surface area (Å²) in [5.74, 6) is -0.101. The van der Waals surface area contributed by atoms with E-state index in [2.05, 4.69) is 5.32 Å². The lowest BCUT2D eigenvalue weighted by molar-refractivity contribution is -0.384. The van der Waals surface area contributed by atoms with Crippen LogP contribution in [0.15, 0.2) is 41.3 Å². The zero-order valence-corrected chi connectivity index (χ0v) is 18.1. The third-order valence-corrected chi connectivity index (χ3v) is 7.00. The van der Waals surface area contributed by atoms with Crippen molar-refractivity contribution in [1.82, 2.24) is 0 Å². The number of rotatable bonds is 9. The van der Waals surface area contributed by atoms with Gasteiger partial charge in [0.15, 0.2) is 0 Å². The Morgan fingerprint density at radius 3 is 2.43 bits per heavy atom. The molecule has 8 nitrogen and oxygen atoms in total. The largest absolute Gasteiger partial charge is 0.456 e. The Kier molecular flexibility index (Phi) is 7.74. The van der Waals surface area contributed by atoms with Crippen LogP contribution in [0.1, 0.15) is 6.92 Å². The first-order chi connectivity index (χ1) is 13.2. The van der Waals surface area contributed by atoms with Crippen LogP contribution in [0.2, 0.25) is 5.02 Å². The number of nitrogens with one attached hydrogen (secondary N) is 1. The Bertz CT molecular complexity index is 905. The number of nitro groups is 1. The average molecular weight is 447 g/mol. The number of anilines is 1. The summed E-state index contributed by atoms with van der Waals surface area (Å²) < 4.78 is 28.1. The highest BCUT2D eigenvalue weighted by Gasteiger charge is 2.31. The Morgan fingerprint density at radius 1 is 1.21 bits per heavy atom. The van der Waals surface area contributed by atoms with Gasteiger partial charge in [-0.2, -0.15) is 0 Å². The molecule has 28 heavy (non-hydrogen) atoms. The molecule has 2 aromatic carbocycles. The molecule has 2 aromatic rings. The topological polar surface area (TPSA) is 99.9 Å². The van der Waals surface area contributed by atoms with Gasteiger partial charge in [0, 0.05) is 31.2 Å². The molecule has 0 aliphatic rings. The van der Waals surface area contributed by atoms with E-state index in [0.29, 0.717) is 16.5 Å². The zero-order valence-electron chi connectivity index (χ0n) is 15.7. The number of halogens is 1. The van der Waals surface area contributed by atoms with Crippen LogP contribution in [0.25, 0.3) is 0 Å². The van der Waals surface area contributed by atoms with Crippen molar-refractivity contribution in [3.63, 3.8) is 0 Å². The lowest BCUT2D eigenvalue weighted by atomic mass is 10.2. The summed E-state index contributed by atoms with van der Waals surface area (Å²) in [5.41, 5.74) is -0.0945. The highest BCUT2D eigenvalue weighted by molar-refractivity contribution is 7.98. The predicted octanol–water partition coefficient (Wildman–Crippen LogP) is 6.01. The fraction of sp³-hybridized carbons (Fsp3) is 0.294. The fourth-order valence-corrected chi connectivity index (χ4v) is 4.17. The number of thioether (sulfide) groups is 1. The number of nitro benzene ring substituents is 1. The number of benzene rings is 2. The minimum absolute atomic E-state index is 0.112. The van der Waals surface area contributed by atoms with Gasteiger partial charge in [-0.05, 0) is 37.4 Å². The van der Waals surface area contributed by atoms with Crippen molar-refractivity contribution >= 4 is 42.3 Å². The zero-order chi connectivity index (χ0) is 20.9. The first-order valence-electron chi connectivity index (χ1n) is 8.01. The SMILES string of the molecule is COP(=O)(OC)C(C)Nc1cc(Oc2ccc(SC)cc2Cl)ccc1[N+](=O)[O-]. The Labute approximate surface area is 172 Å². The van der Waals surface area contributed by atoms with E-state index >= 15 is 0 Å². The van der Waals surface area contributed by atoms with Crippen LogP contribution in [0.5, 0.6) is 11.5 Å². The van der Waals surface area contributed by atoms with Crippen molar-refractivity contribution in [3.05, 3.63) is 51.5 Å². The van der Waals surface area contributed by atoms with Crippen molar-refractivity contribution < 1.29 is 23.3 Å². The van der Waals surface area contributed by atoms with Gasteiger partial charge in [-0.3, -0.25) is 14.7 Å². The van der Waals surface area contributed by atoms with Gasteiger partial charge in [-0.15, -0.1) is 11.8 Å². The van der Waals surface area contributed by atoms with Gasteiger partial charge in [-0.1, -0.05) is 11.6 Å². The lowest BCUT2D eigenvalue weighted by Gasteiger charge is -2.22. The molecule has 1 unspecified atom stereocenters. The summed E-state index contributed by atoms with van der Waals surface area (Å²) >= 11 is 7.77. The average Bonchev–Trinajstić information content (AvgIpc) is 2.68. The molecule has 2 rings (SSSR count). The standard InChI is InChI=1S/C17H20ClN2O6PS/c1-11(27(23,24-2)25-3)19-15-9-12(5-7-16(15)20(21)22)26-17-8-6-13(28-4)10-14(17)18/h5-11,19H,1-4H3. The van der Waals surface area contributed by atoms with E-state index in [1.807, 2.05) is 12.3 Å². The second kappa shape index (κ2) is 9.62. The van der Waals surface area contributed by atoms with E-state index in [1.165, 1.54) is 32.4 Å². The molecule has 0 aliphatic carbocycles. The maximum Gasteiger partial charge on any atom is 0.351 e. The molecule has 1 atom stereocenters. The Balaban J connectivity index is 2.35. The van der Waals surface area contributed by atoms with E-state index in [1.54, 1.807) is 30.8 Å². The summed E-state index contributed by atoms with van der Waals surface area (Å²) in [6, 6.07) is 9.52. The monoisotopic (exact) mass is 446 g/mol. The molecule has 0 saturated carbocycles. The molecule has 0 fully saturated rings. The van der Waals surface area contributed by atoms with E-state index in [4.69, 9.17) is 25.4 Å². The van der Waals surface area contributed by atoms with Gasteiger partial charge in [0.1, 0.15) is 23.0 Å². The molecule has 0 aromatic heterocycles. The molecule has 1 N–H and O–H groups in total. The van der Waals surface area contributed by atoms with E-state index < -0.39 is 18.3 Å². The van der Waals surface area contributed by atoms with E-state index in [-0.39, 0.29) is 11.4 Å². The van der Waals surface area contributed by atoms with Crippen LogP contribution in [0.3, 0.4) is 0 Å². The molecule has 0 heterocycles. The predicted molar refractivity (Wildman–Crippen MR) is 111 cm³/mol. The number of nitrogens with zero attached hydrogens (tertiary/aromatic N) is 1. The minimum atomic E-state index is -3.48. The van der Waals surface area contributed by atoms with Crippen molar-refractivity contribution in [2.24, 2.45) is 0 Å². The van der Waals surface area contributed by atoms with Crippen LogP contribution in [-0.4, -0.2) is 31.2 Å². The summed E-state index contributed by atoms with van der Waals surface area (Å²) in [7, 11) is -0.991. The maximum atomic E-state index is 12.5. The molecule has 0 bridgehead atoms. The van der Waals surface area contributed by atoms with Gasteiger partial charge >= 0.3 is 7.60 Å². The van der Waals surface area contributed by atoms with Crippen LogP contribution in [-0.2, 0) is 13.6 Å². The van der Waals surface area contributed by atoms with Crippen molar-refractivity contribution in [2.45, 2.75) is 17.6 Å². The first kappa shape index (κ1) is 22.5. The van der Waals surface area contributed by atoms with Crippen LogP contribution >= 0.6 is 31.0 Å². The van der Waals surface area contributed by atoms with Crippen LogP contribution in [0, 0.1) is 10.1 Å². The van der Waals surface area contributed by atoms with E-state index in [9.17, 15) is 14.7 Å². The van der Waals surface area contributed by atoms with Crippen molar-refractivity contribution in [2.75, 3.05) is 25.8 Å². The van der Waals surface area contributed by atoms with Crippen LogP contribution in [0.4, 0.5) is 11.4 Å². The summed E-state index contributed by atoms with van der Waals surface area (Å²) in [4.78, 5) is 11.8. The molecule has 152 valence electrons. The van der Waals surface area contributed by atoms with Gasteiger partial charge in [-0.25, -0.2) is 0 Å². The molecule has 11 heteroatoms. The smallest absolute Gasteiger partial charge is 0.351 e. The molecule has 0 spiro atoms. The molecule has 0 saturated heterocycles. The first-order valence-corrected chi connectivity index (χ1v) is 11.2. The van der Waals surface area contributed by atoms with Crippen LogP contribution < -0.4 is 10.1 Å². The summed E-state index contributed by atoms with van der Waals surface area (Å²) in [5, 5.41) is 14.6. The van der Waals surface area contributed by atoms with Crippen molar-refractivity contribution in [1.29, 1.82) is 0 Å². The maximum absolute atomic E-state index is 12.5. The molecular formula is C17H20ClN2O6PS. The number of ether oxygens (including phenoxy) is 1. The van der Waals surface area contributed by atoms with Gasteiger partial charge in [0.2, 0.25) is 0 Å². The molecule has 0 radical (unpaired) electrons. The molecular weight excluding hydrogens is 427 g/mol. The Hall–Kier alpha value is -1.77. The second-order valence-electron chi connectivity index (χ2n) is 5.56. The number of hydrogen-bond acceptors (Lipinski definition) is 8. The van der Waals surface area contributed by atoms with E-state index in [0.717, 1.165) is 4.90 Å². The van der Waals surface area contributed by atoms with Crippen molar-refractivity contribution in [3.8, 4) is 11.5 Å². The summed E-state index contributed by atoms with van der Waals surface area (Å²) in [6.07, 6.45) is 1.93. The third kappa shape index (κ3) is 5.18. The minimum Gasteiger partial charge on any atom is -0.456 e.